The van der Waals surface area contributed by atoms with Crippen LogP contribution >= 0.6 is 23.1 Å². The van der Waals surface area contributed by atoms with Crippen molar-refractivity contribution in [2.75, 3.05) is 5.75 Å². The second-order valence-electron chi connectivity index (χ2n) is 5.33. The Morgan fingerprint density at radius 1 is 1.24 bits per heavy atom. The van der Waals surface area contributed by atoms with Gasteiger partial charge in [-0.3, -0.25) is 4.79 Å². The summed E-state index contributed by atoms with van der Waals surface area (Å²) in [5.74, 6) is 1.35. The first kappa shape index (κ1) is 17.8. The molecule has 0 radical (unpaired) electrons. The van der Waals surface area contributed by atoms with Gasteiger partial charge in [0.15, 0.2) is 0 Å². The van der Waals surface area contributed by atoms with E-state index in [-0.39, 0.29) is 5.91 Å². The van der Waals surface area contributed by atoms with Crippen molar-refractivity contribution in [2.24, 2.45) is 0 Å². The van der Waals surface area contributed by atoms with Crippen LogP contribution < -0.4 is 5.32 Å². The largest absolute Gasteiger partial charge is 0.466 e. The lowest BCUT2D eigenvalue weighted by atomic mass is 10.2. The van der Waals surface area contributed by atoms with Crippen LogP contribution in [0.4, 0.5) is 0 Å². The maximum Gasteiger partial charge on any atom is 0.252 e. The number of furan rings is 1. The summed E-state index contributed by atoms with van der Waals surface area (Å²) in [5, 5.41) is 13.2. The fourth-order valence-electron chi connectivity index (χ4n) is 2.42. The quantitative estimate of drug-likeness (QED) is 0.600. The molecular formula is C19H19NO3S2. The van der Waals surface area contributed by atoms with Crippen LogP contribution in [0.5, 0.6) is 0 Å². The molecule has 0 aliphatic carbocycles. The Morgan fingerprint density at radius 2 is 2.08 bits per heavy atom. The van der Waals surface area contributed by atoms with E-state index in [1.807, 2.05) is 36.4 Å². The molecule has 0 unspecified atom stereocenters. The second kappa shape index (κ2) is 8.38. The highest BCUT2D eigenvalue weighted by molar-refractivity contribution is 7.99. The number of carbonyl (C=O) groups excluding carboxylic acids is 1. The molecule has 2 aromatic heterocycles. The summed E-state index contributed by atoms with van der Waals surface area (Å²) in [6.45, 7) is 2.50. The summed E-state index contributed by atoms with van der Waals surface area (Å²) >= 11 is 3.12. The van der Waals surface area contributed by atoms with Gasteiger partial charge in [-0.25, -0.2) is 0 Å². The number of aliphatic hydroxyl groups excluding tert-OH is 1. The minimum absolute atomic E-state index is 0.0851. The van der Waals surface area contributed by atoms with E-state index < -0.39 is 6.10 Å². The minimum atomic E-state index is -0.772. The fraction of sp³-hybridized carbons (Fsp3) is 0.211. The van der Waals surface area contributed by atoms with Gasteiger partial charge >= 0.3 is 0 Å². The number of thioether (sulfide) groups is 1. The topological polar surface area (TPSA) is 62.5 Å². The molecule has 0 bridgehead atoms. The summed E-state index contributed by atoms with van der Waals surface area (Å²) in [6.07, 6.45) is 0.769. The van der Waals surface area contributed by atoms with E-state index in [0.29, 0.717) is 17.9 Å². The van der Waals surface area contributed by atoms with Crippen LogP contribution in [0.25, 0.3) is 0 Å². The van der Waals surface area contributed by atoms with Gasteiger partial charge in [-0.2, -0.15) is 0 Å². The van der Waals surface area contributed by atoms with E-state index in [1.54, 1.807) is 30.2 Å². The Labute approximate surface area is 154 Å². The van der Waals surface area contributed by atoms with E-state index in [9.17, 15) is 9.90 Å². The molecule has 3 rings (SSSR count). The third-order valence-corrected chi connectivity index (χ3v) is 5.71. The Bertz CT molecular complexity index is 827. The van der Waals surface area contributed by atoms with Crippen molar-refractivity contribution in [3.63, 3.8) is 0 Å². The number of aliphatic hydroxyl groups is 1. The molecule has 0 aliphatic rings. The average molecular weight is 373 g/mol. The van der Waals surface area contributed by atoms with Gasteiger partial charge in [-0.1, -0.05) is 19.1 Å². The number of rotatable bonds is 7. The van der Waals surface area contributed by atoms with Crippen LogP contribution in [0.1, 0.15) is 38.9 Å². The third kappa shape index (κ3) is 4.34. The van der Waals surface area contributed by atoms with E-state index in [0.717, 1.165) is 20.4 Å². The molecule has 0 spiro atoms. The fourth-order valence-corrected chi connectivity index (χ4v) is 4.17. The number of benzene rings is 1. The number of carbonyl (C=O) groups is 1. The SMILES string of the molecule is CCSc1ccccc1C(=O)NCc1ccc([C@H](O)c2ccco2)s1. The lowest BCUT2D eigenvalue weighted by Crippen LogP contribution is -2.22. The van der Waals surface area contributed by atoms with E-state index in [4.69, 9.17) is 4.42 Å². The van der Waals surface area contributed by atoms with Crippen LogP contribution in [-0.4, -0.2) is 16.8 Å². The van der Waals surface area contributed by atoms with Crippen molar-refractivity contribution in [3.05, 3.63) is 75.9 Å². The number of amides is 1. The smallest absolute Gasteiger partial charge is 0.252 e. The van der Waals surface area contributed by atoms with Gasteiger partial charge in [0.25, 0.3) is 5.91 Å². The maximum atomic E-state index is 12.5. The molecule has 2 heterocycles. The molecule has 1 aromatic carbocycles. The van der Waals surface area contributed by atoms with Gasteiger partial charge in [0.2, 0.25) is 0 Å². The average Bonchev–Trinajstić information content (AvgIpc) is 3.32. The number of hydrogen-bond acceptors (Lipinski definition) is 5. The first-order chi connectivity index (χ1) is 12.2. The first-order valence-electron chi connectivity index (χ1n) is 7.99. The molecule has 3 aromatic rings. The van der Waals surface area contributed by atoms with Gasteiger partial charge in [0.1, 0.15) is 11.9 Å². The van der Waals surface area contributed by atoms with Crippen LogP contribution in [0.3, 0.4) is 0 Å². The molecule has 25 heavy (non-hydrogen) atoms. The molecule has 130 valence electrons. The van der Waals surface area contributed by atoms with Crippen molar-refractivity contribution < 1.29 is 14.3 Å². The van der Waals surface area contributed by atoms with Crippen LogP contribution in [-0.2, 0) is 6.54 Å². The standard InChI is InChI=1S/C19H19NO3S2/c1-2-24-16-8-4-3-6-14(16)19(22)20-12-13-9-10-17(25-13)18(21)15-7-5-11-23-15/h3-11,18,21H,2,12H2,1H3,(H,20,22)/t18-/m1/s1. The number of thiophene rings is 1. The molecule has 4 nitrogen and oxygen atoms in total. The van der Waals surface area contributed by atoms with Crippen molar-refractivity contribution in [2.45, 2.75) is 24.5 Å². The highest BCUT2D eigenvalue weighted by Gasteiger charge is 2.16. The molecule has 0 aliphatic heterocycles. The molecule has 0 fully saturated rings. The monoisotopic (exact) mass is 373 g/mol. The second-order valence-corrected chi connectivity index (χ2v) is 7.84. The van der Waals surface area contributed by atoms with Crippen LogP contribution in [0.2, 0.25) is 0 Å². The number of nitrogens with one attached hydrogen (secondary N) is 1. The van der Waals surface area contributed by atoms with Gasteiger partial charge in [-0.15, -0.1) is 23.1 Å². The molecule has 6 heteroatoms. The molecule has 1 atom stereocenters. The molecule has 1 amide bonds. The Balaban J connectivity index is 1.63. The van der Waals surface area contributed by atoms with Crippen molar-refractivity contribution in [1.29, 1.82) is 0 Å². The summed E-state index contributed by atoms with van der Waals surface area (Å²) in [4.78, 5) is 15.2. The summed E-state index contributed by atoms with van der Waals surface area (Å²) < 4.78 is 5.24. The molecule has 0 saturated carbocycles. The highest BCUT2D eigenvalue weighted by Crippen LogP contribution is 2.29. The first-order valence-corrected chi connectivity index (χ1v) is 9.79. The van der Waals surface area contributed by atoms with E-state index in [1.165, 1.54) is 11.3 Å². The zero-order valence-electron chi connectivity index (χ0n) is 13.8. The Morgan fingerprint density at radius 3 is 2.84 bits per heavy atom. The van der Waals surface area contributed by atoms with E-state index in [2.05, 4.69) is 12.2 Å². The van der Waals surface area contributed by atoms with E-state index >= 15 is 0 Å². The zero-order valence-corrected chi connectivity index (χ0v) is 15.4. The Hall–Kier alpha value is -2.02. The van der Waals surface area contributed by atoms with Crippen molar-refractivity contribution in [1.82, 2.24) is 5.32 Å². The van der Waals surface area contributed by atoms with Gasteiger partial charge < -0.3 is 14.8 Å². The lowest BCUT2D eigenvalue weighted by Gasteiger charge is -2.08. The predicted molar refractivity (Wildman–Crippen MR) is 101 cm³/mol. The van der Waals surface area contributed by atoms with Crippen molar-refractivity contribution >= 4 is 29.0 Å². The molecule has 2 N–H and O–H groups in total. The van der Waals surface area contributed by atoms with Crippen LogP contribution in [0.15, 0.2) is 64.1 Å². The zero-order chi connectivity index (χ0) is 17.6. The molecule has 0 saturated heterocycles. The molecular weight excluding hydrogens is 354 g/mol. The lowest BCUT2D eigenvalue weighted by molar-refractivity contribution is 0.0948. The summed E-state index contributed by atoms with van der Waals surface area (Å²) in [7, 11) is 0. The maximum absolute atomic E-state index is 12.5. The van der Waals surface area contributed by atoms with Crippen molar-refractivity contribution in [3.8, 4) is 0 Å². The van der Waals surface area contributed by atoms with Gasteiger partial charge in [-0.05, 0) is 42.2 Å². The predicted octanol–water partition coefficient (Wildman–Crippen LogP) is 4.46. The van der Waals surface area contributed by atoms with Gasteiger partial charge in [0, 0.05) is 14.6 Å². The summed E-state index contributed by atoms with van der Waals surface area (Å²) in [6, 6.07) is 14.9. The normalized spacial score (nSPS) is 12.1. The highest BCUT2D eigenvalue weighted by atomic mass is 32.2. The number of hydrogen-bond donors (Lipinski definition) is 2. The van der Waals surface area contributed by atoms with Crippen LogP contribution in [0, 0.1) is 0 Å². The van der Waals surface area contributed by atoms with Gasteiger partial charge in [0.05, 0.1) is 18.4 Å². The third-order valence-electron chi connectivity index (χ3n) is 3.62. The minimum Gasteiger partial charge on any atom is -0.466 e. The Kier molecular flexibility index (Phi) is 5.96. The summed E-state index contributed by atoms with van der Waals surface area (Å²) in [5.41, 5.74) is 0.696.